The van der Waals surface area contributed by atoms with Gasteiger partial charge in [0.2, 0.25) is 0 Å². The van der Waals surface area contributed by atoms with Gasteiger partial charge in [-0.25, -0.2) is 0 Å². The second kappa shape index (κ2) is 5.72. The fraction of sp³-hybridized carbons (Fsp3) is 0.700. The van der Waals surface area contributed by atoms with Crippen molar-refractivity contribution < 1.29 is 4.79 Å². The first-order valence-corrected chi connectivity index (χ1v) is 7.15. The normalized spacial score (nSPS) is 11.5. The number of nitrogens with one attached hydrogen (secondary N) is 1. The fourth-order valence-electron chi connectivity index (χ4n) is 1.39. The van der Waals surface area contributed by atoms with E-state index in [1.165, 1.54) is 0 Å². The maximum atomic E-state index is 12.0. The van der Waals surface area contributed by atoms with Gasteiger partial charge in [0.15, 0.2) is 0 Å². The third-order valence-electron chi connectivity index (χ3n) is 2.85. The Bertz CT molecular complexity index is 354. The molecule has 0 saturated carbocycles. The topological polar surface area (TPSA) is 54.9 Å². The van der Waals surface area contributed by atoms with Crippen LogP contribution in [0.1, 0.15) is 42.1 Å². The molecule has 0 radical (unpaired) electrons. The van der Waals surface area contributed by atoms with E-state index in [4.69, 9.17) is 0 Å². The summed E-state index contributed by atoms with van der Waals surface area (Å²) in [5.74, 6) is -0.0735. The molecule has 0 aliphatic carbocycles. The van der Waals surface area contributed by atoms with Crippen LogP contribution in [0.5, 0.6) is 0 Å². The van der Waals surface area contributed by atoms with Crippen molar-refractivity contribution in [2.24, 2.45) is 0 Å². The summed E-state index contributed by atoms with van der Waals surface area (Å²) in [6.45, 7) is 5.94. The Labute approximate surface area is 108 Å². The molecule has 1 N–H and O–H groups in total. The van der Waals surface area contributed by atoms with Gasteiger partial charge in [-0.1, -0.05) is 34.3 Å². The SMILES string of the molecule is CCC(CC)(CBr)NC(=O)c1snnc1C. The van der Waals surface area contributed by atoms with Crippen molar-refractivity contribution in [3.8, 4) is 0 Å². The first-order chi connectivity index (χ1) is 7.58. The lowest BCUT2D eigenvalue weighted by Gasteiger charge is -2.30. The van der Waals surface area contributed by atoms with Crippen LogP contribution in [0, 0.1) is 6.92 Å². The van der Waals surface area contributed by atoms with Crippen molar-refractivity contribution in [1.82, 2.24) is 14.9 Å². The summed E-state index contributed by atoms with van der Waals surface area (Å²) < 4.78 is 3.77. The Kier molecular flexibility index (Phi) is 4.86. The van der Waals surface area contributed by atoms with E-state index < -0.39 is 0 Å². The van der Waals surface area contributed by atoms with Gasteiger partial charge in [0.05, 0.1) is 5.69 Å². The highest BCUT2D eigenvalue weighted by Gasteiger charge is 2.28. The molecule has 0 fully saturated rings. The Hall–Kier alpha value is -0.490. The van der Waals surface area contributed by atoms with Crippen LogP contribution in [-0.2, 0) is 0 Å². The molecule has 0 unspecified atom stereocenters. The largest absolute Gasteiger partial charge is 0.345 e. The van der Waals surface area contributed by atoms with Gasteiger partial charge in [-0.15, -0.1) is 5.10 Å². The Morgan fingerprint density at radius 3 is 2.50 bits per heavy atom. The van der Waals surface area contributed by atoms with Crippen molar-refractivity contribution in [1.29, 1.82) is 0 Å². The standard InChI is InChI=1S/C10H16BrN3OS/c1-4-10(5-2,6-11)12-9(15)8-7(3)13-14-16-8/h4-6H2,1-3H3,(H,12,15). The molecule has 0 spiro atoms. The van der Waals surface area contributed by atoms with Crippen molar-refractivity contribution in [2.75, 3.05) is 5.33 Å². The van der Waals surface area contributed by atoms with Gasteiger partial charge in [0, 0.05) is 10.9 Å². The van der Waals surface area contributed by atoms with Crippen LogP contribution in [0.25, 0.3) is 0 Å². The molecule has 0 saturated heterocycles. The molecule has 0 aliphatic heterocycles. The molecule has 0 atom stereocenters. The third kappa shape index (κ3) is 2.79. The van der Waals surface area contributed by atoms with Crippen molar-refractivity contribution >= 4 is 33.4 Å². The highest BCUT2D eigenvalue weighted by molar-refractivity contribution is 9.09. The van der Waals surface area contributed by atoms with E-state index in [1.54, 1.807) is 6.92 Å². The molecule has 0 bridgehead atoms. The number of alkyl halides is 1. The second-order valence-electron chi connectivity index (χ2n) is 3.76. The molecule has 90 valence electrons. The van der Waals surface area contributed by atoms with Gasteiger partial charge >= 0.3 is 0 Å². The number of aromatic nitrogens is 2. The lowest BCUT2D eigenvalue weighted by atomic mass is 9.95. The van der Waals surface area contributed by atoms with E-state index in [-0.39, 0.29) is 11.4 Å². The van der Waals surface area contributed by atoms with Gasteiger partial charge in [-0.05, 0) is 31.3 Å². The Morgan fingerprint density at radius 2 is 2.12 bits per heavy atom. The van der Waals surface area contributed by atoms with Gasteiger partial charge < -0.3 is 5.32 Å². The summed E-state index contributed by atoms with van der Waals surface area (Å²) in [4.78, 5) is 12.6. The summed E-state index contributed by atoms with van der Waals surface area (Å²) in [6, 6.07) is 0. The third-order valence-corrected chi connectivity index (χ3v) is 4.75. The van der Waals surface area contributed by atoms with E-state index >= 15 is 0 Å². The summed E-state index contributed by atoms with van der Waals surface area (Å²) >= 11 is 4.60. The monoisotopic (exact) mass is 305 g/mol. The average molecular weight is 306 g/mol. The molecular formula is C10H16BrN3OS. The lowest BCUT2D eigenvalue weighted by molar-refractivity contribution is 0.0907. The quantitative estimate of drug-likeness (QED) is 0.851. The maximum absolute atomic E-state index is 12.0. The van der Waals surface area contributed by atoms with Crippen molar-refractivity contribution in [2.45, 2.75) is 39.2 Å². The van der Waals surface area contributed by atoms with Crippen LogP contribution in [0.15, 0.2) is 0 Å². The number of rotatable bonds is 5. The summed E-state index contributed by atoms with van der Waals surface area (Å²) in [7, 11) is 0. The Morgan fingerprint density at radius 1 is 1.50 bits per heavy atom. The van der Waals surface area contributed by atoms with Gasteiger partial charge in [-0.3, -0.25) is 4.79 Å². The van der Waals surface area contributed by atoms with E-state index in [2.05, 4.69) is 44.7 Å². The second-order valence-corrected chi connectivity index (χ2v) is 5.08. The molecule has 0 aromatic carbocycles. The first kappa shape index (κ1) is 13.6. The van der Waals surface area contributed by atoms with Crippen molar-refractivity contribution in [3.63, 3.8) is 0 Å². The van der Waals surface area contributed by atoms with Gasteiger partial charge in [0.1, 0.15) is 4.88 Å². The minimum atomic E-state index is -0.173. The van der Waals surface area contributed by atoms with Crippen molar-refractivity contribution in [3.05, 3.63) is 10.6 Å². The van der Waals surface area contributed by atoms with E-state index in [0.29, 0.717) is 10.6 Å². The number of amides is 1. The van der Waals surface area contributed by atoms with E-state index in [9.17, 15) is 4.79 Å². The predicted molar refractivity (Wildman–Crippen MR) is 69.2 cm³/mol. The molecule has 0 aliphatic rings. The average Bonchev–Trinajstić information content (AvgIpc) is 2.72. The summed E-state index contributed by atoms with van der Waals surface area (Å²) in [5.41, 5.74) is 0.520. The number of carbonyl (C=O) groups excluding carboxylic acids is 1. The number of nitrogens with zero attached hydrogens (tertiary/aromatic N) is 2. The summed E-state index contributed by atoms with van der Waals surface area (Å²) in [5, 5.41) is 7.66. The maximum Gasteiger partial charge on any atom is 0.265 e. The number of hydrogen-bond donors (Lipinski definition) is 1. The zero-order valence-electron chi connectivity index (χ0n) is 9.71. The van der Waals surface area contributed by atoms with E-state index in [1.807, 2.05) is 0 Å². The lowest BCUT2D eigenvalue weighted by Crippen LogP contribution is -2.49. The molecule has 1 amide bonds. The molecule has 1 rings (SSSR count). The minimum absolute atomic E-state index is 0.0735. The molecule has 4 nitrogen and oxygen atoms in total. The van der Waals surface area contributed by atoms with Crippen LogP contribution in [0.3, 0.4) is 0 Å². The number of hydrogen-bond acceptors (Lipinski definition) is 4. The van der Waals surface area contributed by atoms with Crippen LogP contribution >= 0.6 is 27.5 Å². The molecule has 1 aromatic rings. The van der Waals surface area contributed by atoms with Gasteiger partial charge in [-0.2, -0.15) is 0 Å². The van der Waals surface area contributed by atoms with Gasteiger partial charge in [0.25, 0.3) is 5.91 Å². The van der Waals surface area contributed by atoms with Crippen LogP contribution in [0.2, 0.25) is 0 Å². The first-order valence-electron chi connectivity index (χ1n) is 5.26. The highest BCUT2D eigenvalue weighted by Crippen LogP contribution is 2.20. The zero-order valence-corrected chi connectivity index (χ0v) is 12.1. The fourth-order valence-corrected chi connectivity index (χ4v) is 2.87. The number of halogens is 1. The molecule has 1 heterocycles. The predicted octanol–water partition coefficient (Wildman–Crippen LogP) is 2.53. The smallest absolute Gasteiger partial charge is 0.265 e. The molecule has 1 aromatic heterocycles. The number of carbonyl (C=O) groups is 1. The molecule has 16 heavy (non-hydrogen) atoms. The van der Waals surface area contributed by atoms with Crippen LogP contribution in [-0.4, -0.2) is 26.4 Å². The molecular weight excluding hydrogens is 290 g/mol. The molecule has 6 heteroatoms. The number of aryl methyl sites for hydroxylation is 1. The minimum Gasteiger partial charge on any atom is -0.345 e. The van der Waals surface area contributed by atoms with Crippen LogP contribution < -0.4 is 5.32 Å². The Balaban J connectivity index is 2.81. The zero-order chi connectivity index (χ0) is 12.2. The van der Waals surface area contributed by atoms with Crippen LogP contribution in [0.4, 0.5) is 0 Å². The van der Waals surface area contributed by atoms with E-state index in [0.717, 1.165) is 29.7 Å². The highest BCUT2D eigenvalue weighted by atomic mass is 79.9. The summed E-state index contributed by atoms with van der Waals surface area (Å²) in [6.07, 6.45) is 1.79.